The van der Waals surface area contributed by atoms with Crippen molar-refractivity contribution in [2.45, 2.75) is 26.2 Å². The lowest BCUT2D eigenvalue weighted by Gasteiger charge is -2.32. The van der Waals surface area contributed by atoms with Crippen LogP contribution in [0.1, 0.15) is 30.7 Å². The van der Waals surface area contributed by atoms with E-state index in [4.69, 9.17) is 5.73 Å². The van der Waals surface area contributed by atoms with Crippen molar-refractivity contribution in [3.63, 3.8) is 0 Å². The number of piperidine rings is 1. The first kappa shape index (κ1) is 19.7. The Morgan fingerprint density at radius 1 is 1.32 bits per heavy atom. The van der Waals surface area contributed by atoms with Gasteiger partial charge in [0.2, 0.25) is 5.91 Å². The van der Waals surface area contributed by atoms with E-state index in [9.17, 15) is 13.6 Å². The van der Waals surface area contributed by atoms with Crippen LogP contribution in [0.25, 0.3) is 5.65 Å². The molecule has 1 atom stereocenters. The summed E-state index contributed by atoms with van der Waals surface area (Å²) in [7, 11) is 0. The zero-order valence-electron chi connectivity index (χ0n) is 15.5. The largest absolute Gasteiger partial charge is 0.369 e. The number of primary amides is 1. The summed E-state index contributed by atoms with van der Waals surface area (Å²) in [6.07, 6.45) is 5.10. The van der Waals surface area contributed by atoms with Gasteiger partial charge in [-0.25, -0.2) is 23.7 Å². The molecule has 1 aliphatic heterocycles. The number of hydrogen-bond donors (Lipinski definition) is 1. The fraction of sp³-hybridized carbons (Fsp3) is 0.368. The highest BCUT2D eigenvalue weighted by atomic mass is 19.3. The van der Waals surface area contributed by atoms with E-state index in [1.54, 1.807) is 6.20 Å². The summed E-state index contributed by atoms with van der Waals surface area (Å²) in [6, 6.07) is 5.95. The molecule has 0 radical (unpaired) electrons. The summed E-state index contributed by atoms with van der Waals surface area (Å²) < 4.78 is 25.7. The number of rotatable bonds is 3. The van der Waals surface area contributed by atoms with Gasteiger partial charge in [0.1, 0.15) is 11.5 Å². The number of nitrogens with two attached hydrogens (primary N) is 1. The van der Waals surface area contributed by atoms with E-state index in [0.717, 1.165) is 30.9 Å². The van der Waals surface area contributed by atoms with Gasteiger partial charge >= 0.3 is 0 Å². The third-order valence-corrected chi connectivity index (χ3v) is 4.54. The Hall–Kier alpha value is -3.10. The Morgan fingerprint density at radius 2 is 2.14 bits per heavy atom. The molecule has 4 rings (SSSR count). The first-order valence-electron chi connectivity index (χ1n) is 8.98. The predicted molar refractivity (Wildman–Crippen MR) is 101 cm³/mol. The SMILES string of the molecule is Cc1cccc(N2CCCC(C(N)=O)C2)n1.FC(F)c1cn2ccnc2cn1. The molecule has 1 amide bonds. The fourth-order valence-corrected chi connectivity index (χ4v) is 3.08. The highest BCUT2D eigenvalue weighted by Gasteiger charge is 2.24. The number of halogens is 2. The molecule has 9 heteroatoms. The number of carbonyl (C=O) groups excluding carboxylic acids is 1. The molecule has 7 nitrogen and oxygen atoms in total. The van der Waals surface area contributed by atoms with Gasteiger partial charge in [0.05, 0.1) is 12.1 Å². The average molecular weight is 388 g/mol. The van der Waals surface area contributed by atoms with Gasteiger partial charge in [0.15, 0.2) is 5.65 Å². The van der Waals surface area contributed by atoms with Crippen molar-refractivity contribution in [3.05, 3.63) is 54.4 Å². The lowest BCUT2D eigenvalue weighted by molar-refractivity contribution is -0.122. The second-order valence-corrected chi connectivity index (χ2v) is 6.63. The van der Waals surface area contributed by atoms with E-state index in [1.165, 1.54) is 23.0 Å². The normalized spacial score (nSPS) is 16.7. The molecule has 4 heterocycles. The minimum absolute atomic E-state index is 0.0314. The lowest BCUT2D eigenvalue weighted by Crippen LogP contribution is -2.41. The molecule has 1 saturated heterocycles. The number of anilines is 1. The standard InChI is InChI=1S/C12H17N3O.C7H5F2N3/c1-9-4-2-6-11(14-9)15-7-3-5-10(8-15)12(13)16;8-7(9)5-4-12-2-1-10-6(12)3-11-5/h2,4,6,10H,3,5,7-8H2,1H3,(H2,13,16);1-4,7H. The summed E-state index contributed by atoms with van der Waals surface area (Å²) in [5.74, 6) is 0.722. The minimum atomic E-state index is -2.53. The number of fused-ring (bicyclic) bond motifs is 1. The van der Waals surface area contributed by atoms with E-state index < -0.39 is 6.43 Å². The molecule has 0 saturated carbocycles. The van der Waals surface area contributed by atoms with Crippen LogP contribution in [-0.2, 0) is 4.79 Å². The number of carbonyl (C=O) groups is 1. The van der Waals surface area contributed by atoms with Gasteiger partial charge in [-0.1, -0.05) is 6.07 Å². The number of amides is 1. The Kier molecular flexibility index (Phi) is 6.13. The van der Waals surface area contributed by atoms with Crippen LogP contribution in [0.4, 0.5) is 14.6 Å². The van der Waals surface area contributed by atoms with Crippen molar-refractivity contribution >= 4 is 17.4 Å². The maximum atomic E-state index is 12.1. The van der Waals surface area contributed by atoms with Gasteiger partial charge in [0, 0.05) is 37.4 Å². The second kappa shape index (κ2) is 8.73. The molecule has 148 valence electrons. The first-order valence-corrected chi connectivity index (χ1v) is 8.98. The Morgan fingerprint density at radius 3 is 2.86 bits per heavy atom. The number of pyridine rings is 1. The molecule has 0 spiro atoms. The molecular formula is C19H22F2N6O. The molecule has 1 unspecified atom stereocenters. The molecule has 2 N–H and O–H groups in total. The van der Waals surface area contributed by atoms with E-state index >= 15 is 0 Å². The summed E-state index contributed by atoms with van der Waals surface area (Å²) in [5, 5.41) is 0. The zero-order chi connectivity index (χ0) is 20.1. The highest BCUT2D eigenvalue weighted by Crippen LogP contribution is 2.21. The number of nitrogens with zero attached hydrogens (tertiary/aromatic N) is 5. The van der Waals surface area contributed by atoms with Crippen LogP contribution in [-0.4, -0.2) is 38.3 Å². The zero-order valence-corrected chi connectivity index (χ0v) is 15.5. The van der Waals surface area contributed by atoms with Crippen molar-refractivity contribution < 1.29 is 13.6 Å². The third-order valence-electron chi connectivity index (χ3n) is 4.54. The van der Waals surface area contributed by atoms with E-state index in [0.29, 0.717) is 12.2 Å². The fourth-order valence-electron chi connectivity index (χ4n) is 3.08. The summed E-state index contributed by atoms with van der Waals surface area (Å²) >= 11 is 0. The predicted octanol–water partition coefficient (Wildman–Crippen LogP) is 2.76. The van der Waals surface area contributed by atoms with Crippen LogP contribution in [0.15, 0.2) is 43.0 Å². The summed E-state index contributed by atoms with van der Waals surface area (Å²) in [6.45, 7) is 3.63. The lowest BCUT2D eigenvalue weighted by atomic mass is 9.97. The average Bonchev–Trinajstić information content (AvgIpc) is 3.16. The Bertz CT molecular complexity index is 945. The van der Waals surface area contributed by atoms with Gasteiger partial charge < -0.3 is 15.0 Å². The van der Waals surface area contributed by atoms with Crippen LogP contribution in [0.3, 0.4) is 0 Å². The Balaban J connectivity index is 0.000000167. The van der Waals surface area contributed by atoms with Crippen molar-refractivity contribution in [2.24, 2.45) is 11.7 Å². The minimum Gasteiger partial charge on any atom is -0.369 e. The van der Waals surface area contributed by atoms with Gasteiger partial charge in [0.25, 0.3) is 6.43 Å². The molecule has 1 aliphatic rings. The molecule has 28 heavy (non-hydrogen) atoms. The maximum Gasteiger partial charge on any atom is 0.281 e. The summed E-state index contributed by atoms with van der Waals surface area (Å²) in [5.41, 5.74) is 6.68. The summed E-state index contributed by atoms with van der Waals surface area (Å²) in [4.78, 5) is 25.2. The van der Waals surface area contributed by atoms with Crippen molar-refractivity contribution in [3.8, 4) is 0 Å². The second-order valence-electron chi connectivity index (χ2n) is 6.63. The van der Waals surface area contributed by atoms with Crippen LogP contribution in [0.2, 0.25) is 0 Å². The third kappa shape index (κ3) is 4.79. The quantitative estimate of drug-likeness (QED) is 0.745. The monoisotopic (exact) mass is 388 g/mol. The number of alkyl halides is 2. The number of aromatic nitrogens is 4. The number of hydrogen-bond acceptors (Lipinski definition) is 5. The van der Waals surface area contributed by atoms with E-state index in [1.807, 2.05) is 25.1 Å². The Labute approximate surface area is 161 Å². The van der Waals surface area contributed by atoms with Crippen LogP contribution in [0, 0.1) is 12.8 Å². The molecule has 3 aromatic rings. The first-order chi connectivity index (χ1) is 13.4. The van der Waals surface area contributed by atoms with Gasteiger partial charge in [-0.15, -0.1) is 0 Å². The van der Waals surface area contributed by atoms with E-state index in [2.05, 4.69) is 19.9 Å². The van der Waals surface area contributed by atoms with E-state index in [-0.39, 0.29) is 17.5 Å². The smallest absolute Gasteiger partial charge is 0.281 e. The van der Waals surface area contributed by atoms with Crippen LogP contribution in [0.5, 0.6) is 0 Å². The molecule has 0 bridgehead atoms. The molecule has 3 aromatic heterocycles. The van der Waals surface area contributed by atoms with Crippen LogP contribution >= 0.6 is 0 Å². The number of imidazole rings is 1. The van der Waals surface area contributed by atoms with Gasteiger partial charge in [-0.05, 0) is 31.9 Å². The topological polar surface area (TPSA) is 89.4 Å². The molecular weight excluding hydrogens is 366 g/mol. The van der Waals surface area contributed by atoms with Crippen LogP contribution < -0.4 is 10.6 Å². The van der Waals surface area contributed by atoms with Crippen molar-refractivity contribution in [1.82, 2.24) is 19.4 Å². The molecule has 0 aliphatic carbocycles. The highest BCUT2D eigenvalue weighted by molar-refractivity contribution is 5.77. The van der Waals surface area contributed by atoms with Crippen molar-refractivity contribution in [1.29, 1.82) is 0 Å². The molecule has 1 fully saturated rings. The maximum absolute atomic E-state index is 12.1. The van der Waals surface area contributed by atoms with Crippen molar-refractivity contribution in [2.75, 3.05) is 18.0 Å². The molecule has 0 aromatic carbocycles. The van der Waals surface area contributed by atoms with Gasteiger partial charge in [-0.3, -0.25) is 4.79 Å². The number of aryl methyl sites for hydroxylation is 1. The van der Waals surface area contributed by atoms with Gasteiger partial charge in [-0.2, -0.15) is 0 Å².